The van der Waals surface area contributed by atoms with Gasteiger partial charge in [0.15, 0.2) is 5.96 Å². The van der Waals surface area contributed by atoms with Crippen molar-refractivity contribution in [1.82, 2.24) is 10.2 Å². The zero-order valence-corrected chi connectivity index (χ0v) is 15.2. The molecule has 1 aliphatic rings. The molecule has 5 nitrogen and oxygen atoms in total. The van der Waals surface area contributed by atoms with E-state index in [0.29, 0.717) is 12.5 Å². The second kappa shape index (κ2) is 10.2. The molecule has 2 atom stereocenters. The van der Waals surface area contributed by atoms with Gasteiger partial charge >= 0.3 is 0 Å². The molecule has 0 spiro atoms. The second-order valence-electron chi connectivity index (χ2n) is 6.27. The van der Waals surface area contributed by atoms with Crippen LogP contribution < -0.4 is 10.1 Å². The minimum Gasteiger partial charge on any atom is -0.489 e. The first-order valence-corrected chi connectivity index (χ1v) is 9.01. The SMILES string of the molecule is CCNC(=NCC(CC)Oc1ccccc1)N(C)CC1CCOC1. The molecule has 0 aliphatic carbocycles. The molecule has 5 heteroatoms. The third-order valence-electron chi connectivity index (χ3n) is 4.20. The van der Waals surface area contributed by atoms with Crippen LogP contribution in [0.3, 0.4) is 0 Å². The topological polar surface area (TPSA) is 46.1 Å². The molecular weight excluding hydrogens is 302 g/mol. The lowest BCUT2D eigenvalue weighted by Gasteiger charge is -2.25. The Morgan fingerprint density at radius 1 is 1.38 bits per heavy atom. The summed E-state index contributed by atoms with van der Waals surface area (Å²) in [4.78, 5) is 6.99. The summed E-state index contributed by atoms with van der Waals surface area (Å²) in [5.74, 6) is 2.45. The van der Waals surface area contributed by atoms with Crippen molar-refractivity contribution in [2.45, 2.75) is 32.8 Å². The highest BCUT2D eigenvalue weighted by atomic mass is 16.5. The van der Waals surface area contributed by atoms with Gasteiger partial charge in [0.1, 0.15) is 11.9 Å². The molecule has 1 saturated heterocycles. The zero-order valence-electron chi connectivity index (χ0n) is 15.2. The minimum absolute atomic E-state index is 0.0873. The van der Waals surface area contributed by atoms with Gasteiger partial charge < -0.3 is 19.7 Å². The van der Waals surface area contributed by atoms with Gasteiger partial charge in [0.25, 0.3) is 0 Å². The second-order valence-corrected chi connectivity index (χ2v) is 6.27. The first-order chi connectivity index (χ1) is 11.7. The lowest BCUT2D eigenvalue weighted by Crippen LogP contribution is -2.42. The Morgan fingerprint density at radius 2 is 2.17 bits per heavy atom. The lowest BCUT2D eigenvalue weighted by atomic mass is 10.1. The van der Waals surface area contributed by atoms with E-state index in [9.17, 15) is 0 Å². The van der Waals surface area contributed by atoms with Crippen LogP contribution in [0.25, 0.3) is 0 Å². The van der Waals surface area contributed by atoms with Crippen molar-refractivity contribution in [2.24, 2.45) is 10.9 Å². The maximum absolute atomic E-state index is 6.03. The summed E-state index contributed by atoms with van der Waals surface area (Å²) < 4.78 is 11.5. The van der Waals surface area contributed by atoms with Crippen molar-refractivity contribution in [1.29, 1.82) is 0 Å². The van der Waals surface area contributed by atoms with Gasteiger partial charge in [0.2, 0.25) is 0 Å². The molecule has 1 aromatic carbocycles. The van der Waals surface area contributed by atoms with Crippen LogP contribution in [0.2, 0.25) is 0 Å². The fourth-order valence-corrected chi connectivity index (χ4v) is 2.80. The third-order valence-corrected chi connectivity index (χ3v) is 4.20. The monoisotopic (exact) mass is 333 g/mol. The highest BCUT2D eigenvalue weighted by Gasteiger charge is 2.19. The fourth-order valence-electron chi connectivity index (χ4n) is 2.80. The van der Waals surface area contributed by atoms with E-state index in [1.54, 1.807) is 0 Å². The molecule has 1 aromatic rings. The summed E-state index contributed by atoms with van der Waals surface area (Å²) in [5.41, 5.74) is 0. The summed E-state index contributed by atoms with van der Waals surface area (Å²) in [6, 6.07) is 9.96. The Balaban J connectivity index is 1.91. The molecule has 134 valence electrons. The Kier molecular flexibility index (Phi) is 7.89. The molecule has 1 fully saturated rings. The number of nitrogens with one attached hydrogen (secondary N) is 1. The number of benzene rings is 1. The third kappa shape index (κ3) is 6.04. The van der Waals surface area contributed by atoms with Gasteiger partial charge in [-0.1, -0.05) is 25.1 Å². The summed E-state index contributed by atoms with van der Waals surface area (Å²) in [7, 11) is 2.10. The molecule has 0 amide bonds. The van der Waals surface area contributed by atoms with Gasteiger partial charge in [-0.25, -0.2) is 4.99 Å². The highest BCUT2D eigenvalue weighted by molar-refractivity contribution is 5.79. The first kappa shape index (κ1) is 18.6. The van der Waals surface area contributed by atoms with E-state index in [-0.39, 0.29) is 6.10 Å². The van der Waals surface area contributed by atoms with E-state index in [1.165, 1.54) is 0 Å². The summed E-state index contributed by atoms with van der Waals surface area (Å²) >= 11 is 0. The predicted molar refractivity (Wildman–Crippen MR) is 98.7 cm³/mol. The molecule has 0 aromatic heterocycles. The average Bonchev–Trinajstić information content (AvgIpc) is 3.11. The Morgan fingerprint density at radius 3 is 2.79 bits per heavy atom. The molecule has 2 unspecified atom stereocenters. The largest absolute Gasteiger partial charge is 0.489 e. The van der Waals surface area contributed by atoms with Gasteiger partial charge in [-0.05, 0) is 31.9 Å². The van der Waals surface area contributed by atoms with E-state index in [0.717, 1.165) is 50.9 Å². The highest BCUT2D eigenvalue weighted by Crippen LogP contribution is 2.14. The van der Waals surface area contributed by atoms with E-state index >= 15 is 0 Å². The molecule has 0 bridgehead atoms. The zero-order chi connectivity index (χ0) is 17.2. The van der Waals surface area contributed by atoms with E-state index in [1.807, 2.05) is 30.3 Å². The quantitative estimate of drug-likeness (QED) is 0.587. The number of hydrogen-bond acceptors (Lipinski definition) is 3. The van der Waals surface area contributed by atoms with E-state index in [2.05, 4.69) is 31.1 Å². The van der Waals surface area contributed by atoms with Crippen LogP contribution in [-0.2, 0) is 4.74 Å². The van der Waals surface area contributed by atoms with Gasteiger partial charge in [-0.2, -0.15) is 0 Å². The molecule has 1 heterocycles. The number of guanidine groups is 1. The van der Waals surface area contributed by atoms with Crippen molar-refractivity contribution >= 4 is 5.96 Å². The van der Waals surface area contributed by atoms with Gasteiger partial charge in [0, 0.05) is 32.7 Å². The molecule has 24 heavy (non-hydrogen) atoms. The Labute approximate surface area is 146 Å². The van der Waals surface area contributed by atoms with Gasteiger partial charge in [-0.3, -0.25) is 0 Å². The van der Waals surface area contributed by atoms with Crippen LogP contribution in [0.4, 0.5) is 0 Å². The number of hydrogen-bond donors (Lipinski definition) is 1. The predicted octanol–water partition coefficient (Wildman–Crippen LogP) is 2.78. The van der Waals surface area contributed by atoms with Crippen molar-refractivity contribution in [3.63, 3.8) is 0 Å². The fraction of sp³-hybridized carbons (Fsp3) is 0.632. The first-order valence-electron chi connectivity index (χ1n) is 9.01. The number of nitrogens with zero attached hydrogens (tertiary/aromatic N) is 2. The van der Waals surface area contributed by atoms with Crippen LogP contribution in [0, 0.1) is 5.92 Å². The van der Waals surface area contributed by atoms with E-state index in [4.69, 9.17) is 14.5 Å². The average molecular weight is 333 g/mol. The van der Waals surface area contributed by atoms with Crippen LogP contribution in [0.1, 0.15) is 26.7 Å². The number of para-hydroxylation sites is 1. The summed E-state index contributed by atoms with van der Waals surface area (Å²) in [6.45, 7) is 8.46. The molecule has 0 radical (unpaired) electrons. The maximum Gasteiger partial charge on any atom is 0.193 e. The van der Waals surface area contributed by atoms with Crippen LogP contribution in [0.5, 0.6) is 5.75 Å². The van der Waals surface area contributed by atoms with Crippen molar-refractivity contribution in [3.8, 4) is 5.75 Å². The molecule has 1 N–H and O–H groups in total. The number of ether oxygens (including phenoxy) is 2. The summed E-state index contributed by atoms with van der Waals surface area (Å²) in [6.07, 6.45) is 2.15. The summed E-state index contributed by atoms with van der Waals surface area (Å²) in [5, 5.41) is 3.38. The van der Waals surface area contributed by atoms with Gasteiger partial charge in [0.05, 0.1) is 13.2 Å². The van der Waals surface area contributed by atoms with Crippen LogP contribution in [-0.4, -0.2) is 56.9 Å². The van der Waals surface area contributed by atoms with E-state index < -0.39 is 0 Å². The van der Waals surface area contributed by atoms with Crippen LogP contribution >= 0.6 is 0 Å². The van der Waals surface area contributed by atoms with Crippen molar-refractivity contribution in [3.05, 3.63) is 30.3 Å². The standard InChI is InChI=1S/C19H31N3O2/c1-4-17(24-18-9-7-6-8-10-18)13-21-19(20-5-2)22(3)14-16-11-12-23-15-16/h6-10,16-17H,4-5,11-15H2,1-3H3,(H,20,21). The number of rotatable bonds is 8. The van der Waals surface area contributed by atoms with Crippen molar-refractivity contribution in [2.75, 3.05) is 39.9 Å². The minimum atomic E-state index is 0.0873. The van der Waals surface area contributed by atoms with Crippen LogP contribution in [0.15, 0.2) is 35.3 Å². The smallest absolute Gasteiger partial charge is 0.193 e. The normalized spacial score (nSPS) is 19.1. The van der Waals surface area contributed by atoms with Gasteiger partial charge in [-0.15, -0.1) is 0 Å². The molecule has 2 rings (SSSR count). The Hall–Kier alpha value is -1.75. The molecule has 1 aliphatic heterocycles. The molecule has 0 saturated carbocycles. The Bertz CT molecular complexity index is 487. The maximum atomic E-state index is 6.03. The molecular formula is C19H31N3O2. The lowest BCUT2D eigenvalue weighted by molar-refractivity contribution is 0.181. The van der Waals surface area contributed by atoms with Crippen molar-refractivity contribution < 1.29 is 9.47 Å². The number of aliphatic imine (C=N–C) groups is 1.